The number of anilines is 1. The minimum Gasteiger partial charge on any atom is -0.422 e. The predicted octanol–water partition coefficient (Wildman–Crippen LogP) is 3.37. The lowest BCUT2D eigenvalue weighted by atomic mass is 10.1. The van der Waals surface area contributed by atoms with Crippen molar-refractivity contribution in [3.8, 4) is 0 Å². The molecule has 0 N–H and O–H groups in total. The first kappa shape index (κ1) is 17.3. The van der Waals surface area contributed by atoms with Gasteiger partial charge < -0.3 is 14.2 Å². The van der Waals surface area contributed by atoms with E-state index in [1.807, 2.05) is 12.1 Å². The molecular formula is C22H22N2O3. The van der Waals surface area contributed by atoms with Gasteiger partial charge in [0.15, 0.2) is 0 Å². The molecule has 1 aliphatic rings. The maximum absolute atomic E-state index is 12.9. The van der Waals surface area contributed by atoms with Gasteiger partial charge in [-0.05, 0) is 49.2 Å². The van der Waals surface area contributed by atoms with E-state index in [2.05, 4.69) is 36.9 Å². The number of aryl methyl sites for hydroxylation is 2. The molecule has 1 amide bonds. The summed E-state index contributed by atoms with van der Waals surface area (Å²) in [5.41, 5.74) is 3.74. The molecule has 138 valence electrons. The van der Waals surface area contributed by atoms with Crippen LogP contribution in [0.3, 0.4) is 0 Å². The van der Waals surface area contributed by atoms with Crippen LogP contribution in [-0.4, -0.2) is 37.0 Å². The standard InChI is InChI=1S/C22H22N2O3/c1-15-7-8-18(13-16(15)2)23-9-11-24(12-10-23)21(25)19-14-17-5-3-4-6-20(17)27-22(19)26/h3-8,13-14H,9-12H2,1-2H3. The molecule has 4 rings (SSSR count). The van der Waals surface area contributed by atoms with E-state index in [0.717, 1.165) is 18.5 Å². The molecule has 1 aliphatic heterocycles. The van der Waals surface area contributed by atoms with Gasteiger partial charge in [0.1, 0.15) is 11.1 Å². The van der Waals surface area contributed by atoms with Crippen LogP contribution in [0.1, 0.15) is 21.5 Å². The Kier molecular flexibility index (Phi) is 4.44. The Morgan fingerprint density at radius 3 is 2.41 bits per heavy atom. The van der Waals surface area contributed by atoms with Gasteiger partial charge in [-0.1, -0.05) is 24.3 Å². The zero-order chi connectivity index (χ0) is 19.0. The molecule has 0 unspecified atom stereocenters. The number of amides is 1. The van der Waals surface area contributed by atoms with Crippen molar-refractivity contribution >= 4 is 22.6 Å². The summed E-state index contributed by atoms with van der Waals surface area (Å²) in [4.78, 5) is 29.1. The summed E-state index contributed by atoms with van der Waals surface area (Å²) in [6, 6.07) is 15.3. The fourth-order valence-electron chi connectivity index (χ4n) is 3.47. The number of nitrogens with zero attached hydrogens (tertiary/aromatic N) is 2. The Labute approximate surface area is 157 Å². The summed E-state index contributed by atoms with van der Waals surface area (Å²) in [5.74, 6) is -0.255. The third-order valence-corrected chi connectivity index (χ3v) is 5.29. The van der Waals surface area contributed by atoms with E-state index in [-0.39, 0.29) is 11.5 Å². The quantitative estimate of drug-likeness (QED) is 0.656. The maximum Gasteiger partial charge on any atom is 0.349 e. The van der Waals surface area contributed by atoms with Gasteiger partial charge in [-0.3, -0.25) is 4.79 Å². The summed E-state index contributed by atoms with van der Waals surface area (Å²) in [5, 5.41) is 0.759. The maximum atomic E-state index is 12.9. The third kappa shape index (κ3) is 3.33. The van der Waals surface area contributed by atoms with E-state index in [0.29, 0.717) is 18.7 Å². The number of para-hydroxylation sites is 1. The van der Waals surface area contributed by atoms with Crippen LogP contribution < -0.4 is 10.5 Å². The van der Waals surface area contributed by atoms with Gasteiger partial charge in [0.05, 0.1) is 0 Å². The Hall–Kier alpha value is -3.08. The van der Waals surface area contributed by atoms with Crippen LogP contribution in [0.15, 0.2) is 57.7 Å². The van der Waals surface area contributed by atoms with Crippen molar-refractivity contribution in [2.24, 2.45) is 0 Å². The minimum atomic E-state index is -0.574. The van der Waals surface area contributed by atoms with Crippen molar-refractivity contribution in [2.45, 2.75) is 13.8 Å². The van der Waals surface area contributed by atoms with Crippen molar-refractivity contribution in [2.75, 3.05) is 31.1 Å². The van der Waals surface area contributed by atoms with Crippen LogP contribution >= 0.6 is 0 Å². The number of benzene rings is 2. The summed E-state index contributed by atoms with van der Waals surface area (Å²) >= 11 is 0. The molecule has 5 heteroatoms. The molecule has 27 heavy (non-hydrogen) atoms. The van der Waals surface area contributed by atoms with Crippen LogP contribution in [0, 0.1) is 13.8 Å². The van der Waals surface area contributed by atoms with E-state index in [9.17, 15) is 9.59 Å². The van der Waals surface area contributed by atoms with E-state index in [1.165, 1.54) is 16.8 Å². The Balaban J connectivity index is 1.51. The average molecular weight is 362 g/mol. The van der Waals surface area contributed by atoms with Crippen LogP contribution in [0.4, 0.5) is 5.69 Å². The lowest BCUT2D eigenvalue weighted by Gasteiger charge is -2.36. The molecular weight excluding hydrogens is 340 g/mol. The summed E-state index contributed by atoms with van der Waals surface area (Å²) < 4.78 is 5.31. The molecule has 0 atom stereocenters. The Morgan fingerprint density at radius 2 is 1.67 bits per heavy atom. The van der Waals surface area contributed by atoms with Gasteiger partial charge in [0.2, 0.25) is 0 Å². The monoisotopic (exact) mass is 362 g/mol. The highest BCUT2D eigenvalue weighted by molar-refractivity contribution is 5.96. The summed E-state index contributed by atoms with van der Waals surface area (Å²) in [6.07, 6.45) is 0. The van der Waals surface area contributed by atoms with Gasteiger partial charge in [-0.15, -0.1) is 0 Å². The van der Waals surface area contributed by atoms with Crippen molar-refractivity contribution < 1.29 is 9.21 Å². The SMILES string of the molecule is Cc1ccc(N2CCN(C(=O)c3cc4ccccc4oc3=O)CC2)cc1C. The molecule has 2 heterocycles. The molecule has 0 bridgehead atoms. The molecule has 3 aromatic rings. The number of piperazine rings is 1. The van der Waals surface area contributed by atoms with Crippen molar-refractivity contribution in [1.82, 2.24) is 4.90 Å². The molecule has 0 aliphatic carbocycles. The second kappa shape index (κ2) is 6.91. The number of rotatable bonds is 2. The fraction of sp³-hybridized carbons (Fsp3) is 0.273. The normalized spacial score (nSPS) is 14.6. The van der Waals surface area contributed by atoms with Gasteiger partial charge in [-0.25, -0.2) is 4.79 Å². The van der Waals surface area contributed by atoms with Crippen molar-refractivity contribution in [3.63, 3.8) is 0 Å². The minimum absolute atomic E-state index is 0.105. The van der Waals surface area contributed by atoms with Gasteiger partial charge in [0.25, 0.3) is 5.91 Å². The molecule has 1 fully saturated rings. The lowest BCUT2D eigenvalue weighted by Crippen LogP contribution is -2.49. The molecule has 0 radical (unpaired) electrons. The number of hydrogen-bond donors (Lipinski definition) is 0. The second-order valence-electron chi connectivity index (χ2n) is 7.03. The van der Waals surface area contributed by atoms with Crippen LogP contribution in [-0.2, 0) is 0 Å². The van der Waals surface area contributed by atoms with Crippen LogP contribution in [0.2, 0.25) is 0 Å². The van der Waals surface area contributed by atoms with E-state index < -0.39 is 5.63 Å². The summed E-state index contributed by atoms with van der Waals surface area (Å²) in [7, 11) is 0. The van der Waals surface area contributed by atoms with Crippen molar-refractivity contribution in [1.29, 1.82) is 0 Å². The van der Waals surface area contributed by atoms with Crippen molar-refractivity contribution in [3.05, 3.63) is 75.6 Å². The van der Waals surface area contributed by atoms with Gasteiger partial charge in [-0.2, -0.15) is 0 Å². The topological polar surface area (TPSA) is 53.8 Å². The number of carbonyl (C=O) groups is 1. The van der Waals surface area contributed by atoms with Gasteiger partial charge in [0, 0.05) is 37.3 Å². The van der Waals surface area contributed by atoms with Crippen LogP contribution in [0.25, 0.3) is 11.0 Å². The predicted molar refractivity (Wildman–Crippen MR) is 107 cm³/mol. The summed E-state index contributed by atoms with van der Waals surface area (Å²) in [6.45, 7) is 6.86. The average Bonchev–Trinajstić information content (AvgIpc) is 2.69. The second-order valence-corrected chi connectivity index (χ2v) is 7.03. The highest BCUT2D eigenvalue weighted by Crippen LogP contribution is 2.21. The highest BCUT2D eigenvalue weighted by Gasteiger charge is 2.25. The lowest BCUT2D eigenvalue weighted by molar-refractivity contribution is 0.0742. The smallest absolute Gasteiger partial charge is 0.349 e. The molecule has 1 aromatic heterocycles. The molecule has 0 saturated carbocycles. The fourth-order valence-corrected chi connectivity index (χ4v) is 3.47. The first-order valence-electron chi connectivity index (χ1n) is 9.17. The van der Waals surface area contributed by atoms with E-state index >= 15 is 0 Å². The first-order valence-corrected chi connectivity index (χ1v) is 9.17. The Morgan fingerprint density at radius 1 is 0.926 bits per heavy atom. The molecule has 2 aromatic carbocycles. The first-order chi connectivity index (χ1) is 13.0. The molecule has 5 nitrogen and oxygen atoms in total. The number of hydrogen-bond acceptors (Lipinski definition) is 4. The zero-order valence-corrected chi connectivity index (χ0v) is 15.6. The zero-order valence-electron chi connectivity index (χ0n) is 15.6. The van der Waals surface area contributed by atoms with Gasteiger partial charge >= 0.3 is 5.63 Å². The Bertz CT molecular complexity index is 1060. The third-order valence-electron chi connectivity index (χ3n) is 5.29. The van der Waals surface area contributed by atoms with E-state index in [4.69, 9.17) is 4.42 Å². The highest BCUT2D eigenvalue weighted by atomic mass is 16.4. The number of fused-ring (bicyclic) bond motifs is 1. The molecule has 1 saturated heterocycles. The van der Waals surface area contributed by atoms with Crippen LogP contribution in [0.5, 0.6) is 0 Å². The largest absolute Gasteiger partial charge is 0.422 e. The molecule has 0 spiro atoms. The number of carbonyl (C=O) groups excluding carboxylic acids is 1. The van der Waals surface area contributed by atoms with E-state index in [1.54, 1.807) is 23.1 Å².